The first-order chi connectivity index (χ1) is 11.2. The number of nitrogens with one attached hydrogen (secondary N) is 1. The fourth-order valence-electron chi connectivity index (χ4n) is 3.09. The van der Waals surface area contributed by atoms with E-state index in [4.69, 9.17) is 9.47 Å². The molecule has 1 heterocycles. The van der Waals surface area contributed by atoms with E-state index in [0.717, 1.165) is 25.7 Å². The van der Waals surface area contributed by atoms with Crippen molar-refractivity contribution in [3.63, 3.8) is 0 Å². The van der Waals surface area contributed by atoms with Gasteiger partial charge in [0.25, 0.3) is 0 Å². The lowest BCUT2D eigenvalue weighted by atomic mass is 10.0. The molecule has 1 saturated heterocycles. The van der Waals surface area contributed by atoms with Gasteiger partial charge in [-0.15, -0.1) is 0 Å². The van der Waals surface area contributed by atoms with Crippen LogP contribution in [0.1, 0.15) is 81.1 Å². The van der Waals surface area contributed by atoms with Gasteiger partial charge in [-0.05, 0) is 81.1 Å². The van der Waals surface area contributed by atoms with Gasteiger partial charge in [-0.25, -0.2) is 9.59 Å². The molecule has 0 bridgehead atoms. The van der Waals surface area contributed by atoms with E-state index in [1.165, 1.54) is 0 Å². The van der Waals surface area contributed by atoms with Crippen LogP contribution >= 0.6 is 0 Å². The topological polar surface area (TPSA) is 67.9 Å². The van der Waals surface area contributed by atoms with Crippen LogP contribution in [-0.4, -0.2) is 46.4 Å². The minimum atomic E-state index is -0.501. The maximum Gasteiger partial charge on any atom is 0.410 e. The molecule has 1 aliphatic heterocycles. The van der Waals surface area contributed by atoms with Gasteiger partial charge in [-0.2, -0.15) is 0 Å². The van der Waals surface area contributed by atoms with E-state index in [1.807, 2.05) is 46.4 Å². The molecule has 2 amide bonds. The Balaban J connectivity index is 2.51. The quantitative estimate of drug-likeness (QED) is 0.755. The van der Waals surface area contributed by atoms with Crippen molar-refractivity contribution < 1.29 is 19.1 Å². The molecule has 6 heteroatoms. The van der Waals surface area contributed by atoms with Crippen molar-refractivity contribution >= 4 is 12.2 Å². The van der Waals surface area contributed by atoms with E-state index in [1.54, 1.807) is 0 Å². The predicted octanol–water partition coefficient (Wildman–Crippen LogP) is 4.47. The van der Waals surface area contributed by atoms with Gasteiger partial charge in [0, 0.05) is 18.1 Å². The molecule has 0 radical (unpaired) electrons. The number of likely N-dealkylation sites (tertiary alicyclic amines) is 1. The van der Waals surface area contributed by atoms with Crippen molar-refractivity contribution in [3.8, 4) is 0 Å². The molecule has 146 valence electrons. The van der Waals surface area contributed by atoms with E-state index in [0.29, 0.717) is 6.54 Å². The number of hydrogen-bond donors (Lipinski definition) is 1. The Kier molecular flexibility index (Phi) is 6.76. The van der Waals surface area contributed by atoms with Crippen molar-refractivity contribution in [2.75, 3.05) is 6.54 Å². The highest BCUT2D eigenvalue weighted by Gasteiger charge is 2.43. The van der Waals surface area contributed by atoms with Gasteiger partial charge >= 0.3 is 12.2 Å². The number of rotatable bonds is 4. The molecular formula is C19H36N2O4. The first-order valence-corrected chi connectivity index (χ1v) is 9.20. The second kappa shape index (κ2) is 7.83. The molecule has 1 aliphatic rings. The van der Waals surface area contributed by atoms with Crippen LogP contribution in [0.15, 0.2) is 0 Å². The Morgan fingerprint density at radius 3 is 2.16 bits per heavy atom. The lowest BCUT2D eigenvalue weighted by Crippen LogP contribution is -2.49. The van der Waals surface area contributed by atoms with E-state index in [9.17, 15) is 9.59 Å². The lowest BCUT2D eigenvalue weighted by molar-refractivity contribution is 0.00272. The highest BCUT2D eigenvalue weighted by atomic mass is 16.6. The van der Waals surface area contributed by atoms with E-state index in [2.05, 4.69) is 19.2 Å². The Hall–Kier alpha value is -1.46. The van der Waals surface area contributed by atoms with Crippen molar-refractivity contribution in [2.24, 2.45) is 0 Å². The second-order valence-electron chi connectivity index (χ2n) is 9.43. The Morgan fingerprint density at radius 1 is 1.08 bits per heavy atom. The van der Waals surface area contributed by atoms with Gasteiger partial charge in [0.15, 0.2) is 0 Å². The van der Waals surface area contributed by atoms with Crippen molar-refractivity contribution in [2.45, 2.75) is 104 Å². The molecule has 25 heavy (non-hydrogen) atoms. The zero-order valence-electron chi connectivity index (χ0n) is 17.2. The number of nitrogens with zero attached hydrogens (tertiary/aromatic N) is 1. The third kappa shape index (κ3) is 7.53. The smallest absolute Gasteiger partial charge is 0.410 e. The summed E-state index contributed by atoms with van der Waals surface area (Å²) in [5, 5.41) is 2.77. The molecule has 0 saturated carbocycles. The zero-order chi connectivity index (χ0) is 19.5. The summed E-state index contributed by atoms with van der Waals surface area (Å²) in [6.45, 7) is 15.9. The minimum absolute atomic E-state index is 0.144. The molecule has 1 unspecified atom stereocenters. The van der Waals surface area contributed by atoms with Gasteiger partial charge < -0.3 is 19.7 Å². The summed E-state index contributed by atoms with van der Waals surface area (Å²) in [4.78, 5) is 26.1. The molecule has 0 aromatic rings. The van der Waals surface area contributed by atoms with Crippen LogP contribution < -0.4 is 5.32 Å². The fraction of sp³-hybridized carbons (Fsp3) is 0.895. The third-order valence-corrected chi connectivity index (χ3v) is 4.08. The summed E-state index contributed by atoms with van der Waals surface area (Å²) in [5.74, 6) is 0. The molecule has 6 nitrogen and oxygen atoms in total. The third-order valence-electron chi connectivity index (χ3n) is 4.08. The molecule has 0 aromatic heterocycles. The van der Waals surface area contributed by atoms with Gasteiger partial charge in [-0.1, -0.05) is 0 Å². The summed E-state index contributed by atoms with van der Waals surface area (Å²) in [6, 6.07) is 0.144. The number of carbonyl (C=O) groups is 2. The maximum atomic E-state index is 12.6. The van der Waals surface area contributed by atoms with Gasteiger partial charge in [0.2, 0.25) is 0 Å². The van der Waals surface area contributed by atoms with E-state index in [-0.39, 0.29) is 17.7 Å². The number of alkyl carbamates (subject to hydrolysis) is 1. The highest BCUT2D eigenvalue weighted by Crippen LogP contribution is 2.36. The Bertz CT molecular complexity index is 475. The SMILES string of the molecule is CC(C)(C)OC(=O)NCCCC1CCC(C)(C)N1C(=O)OC(C)(C)C. The average Bonchev–Trinajstić information content (AvgIpc) is 2.65. The van der Waals surface area contributed by atoms with Crippen LogP contribution in [0.4, 0.5) is 9.59 Å². The number of amides is 2. The largest absolute Gasteiger partial charge is 0.444 e. The molecule has 0 aromatic carbocycles. The number of ether oxygens (including phenoxy) is 2. The van der Waals surface area contributed by atoms with Crippen LogP contribution in [0.5, 0.6) is 0 Å². The minimum Gasteiger partial charge on any atom is -0.444 e. The maximum absolute atomic E-state index is 12.6. The number of hydrogen-bond acceptors (Lipinski definition) is 4. The predicted molar refractivity (Wildman–Crippen MR) is 98.6 cm³/mol. The molecule has 1 rings (SSSR count). The summed E-state index contributed by atoms with van der Waals surface area (Å²) < 4.78 is 10.8. The summed E-state index contributed by atoms with van der Waals surface area (Å²) in [6.07, 6.45) is 2.88. The van der Waals surface area contributed by atoms with Gasteiger partial charge in [-0.3, -0.25) is 0 Å². The normalized spacial score (nSPS) is 20.3. The summed E-state index contributed by atoms with van der Waals surface area (Å²) in [7, 11) is 0. The molecule has 0 spiro atoms. The van der Waals surface area contributed by atoms with Crippen molar-refractivity contribution in [1.82, 2.24) is 10.2 Å². The van der Waals surface area contributed by atoms with Gasteiger partial charge in [0.1, 0.15) is 11.2 Å². The highest BCUT2D eigenvalue weighted by molar-refractivity contribution is 5.70. The van der Waals surface area contributed by atoms with Crippen LogP contribution in [-0.2, 0) is 9.47 Å². The molecule has 1 fully saturated rings. The Labute approximate surface area is 152 Å². The van der Waals surface area contributed by atoms with Crippen molar-refractivity contribution in [3.05, 3.63) is 0 Å². The summed E-state index contributed by atoms with van der Waals surface area (Å²) in [5.41, 5.74) is -1.20. The van der Waals surface area contributed by atoms with Crippen LogP contribution in [0, 0.1) is 0 Å². The first kappa shape index (κ1) is 21.6. The number of carbonyl (C=O) groups excluding carboxylic acids is 2. The first-order valence-electron chi connectivity index (χ1n) is 9.20. The van der Waals surface area contributed by atoms with Crippen LogP contribution in [0.25, 0.3) is 0 Å². The molecule has 1 N–H and O–H groups in total. The monoisotopic (exact) mass is 356 g/mol. The van der Waals surface area contributed by atoms with Crippen LogP contribution in [0.3, 0.4) is 0 Å². The van der Waals surface area contributed by atoms with Crippen molar-refractivity contribution in [1.29, 1.82) is 0 Å². The average molecular weight is 357 g/mol. The van der Waals surface area contributed by atoms with E-state index >= 15 is 0 Å². The lowest BCUT2D eigenvalue weighted by Gasteiger charge is -2.37. The molecular weight excluding hydrogens is 320 g/mol. The zero-order valence-corrected chi connectivity index (χ0v) is 17.2. The summed E-state index contributed by atoms with van der Waals surface area (Å²) >= 11 is 0. The Morgan fingerprint density at radius 2 is 1.64 bits per heavy atom. The fourth-order valence-corrected chi connectivity index (χ4v) is 3.09. The standard InChI is InChI=1S/C19H36N2O4/c1-17(2,3)24-15(22)20-13-9-10-14-11-12-19(7,8)21(14)16(23)25-18(4,5)6/h14H,9-13H2,1-8H3,(H,20,22). The van der Waals surface area contributed by atoms with E-state index < -0.39 is 17.3 Å². The van der Waals surface area contributed by atoms with Gasteiger partial charge in [0.05, 0.1) is 0 Å². The van der Waals surface area contributed by atoms with Crippen LogP contribution in [0.2, 0.25) is 0 Å². The molecule has 0 aliphatic carbocycles. The second-order valence-corrected chi connectivity index (χ2v) is 9.43. The molecule has 1 atom stereocenters.